The van der Waals surface area contributed by atoms with Gasteiger partial charge in [0.05, 0.1) is 0 Å². The van der Waals surface area contributed by atoms with Crippen molar-refractivity contribution < 1.29 is 4.74 Å². The van der Waals surface area contributed by atoms with Crippen LogP contribution in [0.25, 0.3) is 0 Å². The lowest BCUT2D eigenvalue weighted by molar-refractivity contribution is 0.0497. The Morgan fingerprint density at radius 3 is 2.72 bits per heavy atom. The van der Waals surface area contributed by atoms with Gasteiger partial charge in [-0.05, 0) is 43.4 Å². The summed E-state index contributed by atoms with van der Waals surface area (Å²) in [5.74, 6) is 0. The van der Waals surface area contributed by atoms with Gasteiger partial charge in [-0.2, -0.15) is 0 Å². The lowest BCUT2D eigenvalue weighted by atomic mass is 9.74. The molecule has 1 aromatic rings. The van der Waals surface area contributed by atoms with Crippen molar-refractivity contribution in [1.29, 1.82) is 0 Å². The zero-order valence-electron chi connectivity index (χ0n) is 10.6. The van der Waals surface area contributed by atoms with E-state index in [4.69, 9.17) is 16.3 Å². The molecule has 1 saturated carbocycles. The van der Waals surface area contributed by atoms with Gasteiger partial charge in [0.25, 0.3) is 0 Å². The van der Waals surface area contributed by atoms with Crippen LogP contribution in [-0.4, -0.2) is 25.8 Å². The van der Waals surface area contributed by atoms with Crippen molar-refractivity contribution in [2.45, 2.75) is 37.1 Å². The van der Waals surface area contributed by atoms with E-state index in [1.807, 2.05) is 6.07 Å². The molecule has 0 unspecified atom stereocenters. The third-order valence-corrected chi connectivity index (χ3v) is 4.43. The van der Waals surface area contributed by atoms with Gasteiger partial charge in [-0.3, -0.25) is 0 Å². The Balaban J connectivity index is 1.82. The Morgan fingerprint density at radius 2 is 2.06 bits per heavy atom. The molecule has 1 saturated heterocycles. The Hall–Kier alpha value is -0.570. The Kier molecular flexibility index (Phi) is 3.60. The van der Waals surface area contributed by atoms with Crippen molar-refractivity contribution in [2.24, 2.45) is 0 Å². The third kappa shape index (κ3) is 2.71. The molecule has 0 spiro atoms. The summed E-state index contributed by atoms with van der Waals surface area (Å²) in [5, 5.41) is 4.52. The van der Waals surface area contributed by atoms with E-state index in [9.17, 15) is 0 Å². The number of rotatable bonds is 4. The van der Waals surface area contributed by atoms with Crippen LogP contribution >= 0.6 is 11.6 Å². The van der Waals surface area contributed by atoms with Gasteiger partial charge < -0.3 is 10.1 Å². The molecule has 18 heavy (non-hydrogen) atoms. The standard InChI is InChI=1S/C15H20ClNO/c16-13-3-1-2-12(10-13)15(6-8-18-9-7-15)11-17-14-4-5-14/h1-3,10,14,17H,4-9,11H2. The zero-order chi connectivity index (χ0) is 12.4. The normalized spacial score (nSPS) is 22.9. The highest BCUT2D eigenvalue weighted by molar-refractivity contribution is 6.30. The predicted molar refractivity (Wildman–Crippen MR) is 74.2 cm³/mol. The summed E-state index contributed by atoms with van der Waals surface area (Å²) in [5.41, 5.74) is 1.58. The second-order valence-electron chi connectivity index (χ2n) is 5.56. The molecular weight excluding hydrogens is 246 g/mol. The van der Waals surface area contributed by atoms with Gasteiger partial charge in [0.1, 0.15) is 0 Å². The summed E-state index contributed by atoms with van der Waals surface area (Å²) in [6.07, 6.45) is 4.85. The lowest BCUT2D eigenvalue weighted by Crippen LogP contribution is -2.43. The lowest BCUT2D eigenvalue weighted by Gasteiger charge is -2.38. The van der Waals surface area contributed by atoms with E-state index in [0.29, 0.717) is 0 Å². The first-order valence-corrected chi connectivity index (χ1v) is 7.24. The minimum atomic E-state index is 0.214. The molecular formula is C15H20ClNO. The van der Waals surface area contributed by atoms with Gasteiger partial charge in [-0.1, -0.05) is 23.7 Å². The van der Waals surface area contributed by atoms with Gasteiger partial charge in [-0.25, -0.2) is 0 Å². The zero-order valence-corrected chi connectivity index (χ0v) is 11.4. The van der Waals surface area contributed by atoms with Crippen LogP contribution in [0.4, 0.5) is 0 Å². The fraction of sp³-hybridized carbons (Fsp3) is 0.600. The molecule has 3 heteroatoms. The highest BCUT2D eigenvalue weighted by atomic mass is 35.5. The second kappa shape index (κ2) is 5.20. The van der Waals surface area contributed by atoms with Gasteiger partial charge in [-0.15, -0.1) is 0 Å². The van der Waals surface area contributed by atoms with Crippen molar-refractivity contribution in [2.75, 3.05) is 19.8 Å². The number of hydrogen-bond donors (Lipinski definition) is 1. The largest absolute Gasteiger partial charge is 0.381 e. The van der Waals surface area contributed by atoms with E-state index in [0.717, 1.165) is 43.7 Å². The second-order valence-corrected chi connectivity index (χ2v) is 5.99. The van der Waals surface area contributed by atoms with E-state index < -0.39 is 0 Å². The van der Waals surface area contributed by atoms with Crippen molar-refractivity contribution in [3.8, 4) is 0 Å². The molecule has 2 fully saturated rings. The van der Waals surface area contributed by atoms with Crippen molar-refractivity contribution in [1.82, 2.24) is 5.32 Å². The molecule has 98 valence electrons. The fourth-order valence-corrected chi connectivity index (χ4v) is 2.97. The minimum Gasteiger partial charge on any atom is -0.381 e. The van der Waals surface area contributed by atoms with Gasteiger partial charge >= 0.3 is 0 Å². The summed E-state index contributed by atoms with van der Waals surface area (Å²) in [6.45, 7) is 2.78. The summed E-state index contributed by atoms with van der Waals surface area (Å²) >= 11 is 6.15. The molecule has 2 nitrogen and oxygen atoms in total. The molecule has 0 atom stereocenters. The summed E-state index contributed by atoms with van der Waals surface area (Å²) in [7, 11) is 0. The maximum atomic E-state index is 6.15. The first-order valence-electron chi connectivity index (χ1n) is 6.86. The topological polar surface area (TPSA) is 21.3 Å². The van der Waals surface area contributed by atoms with Crippen molar-refractivity contribution in [3.05, 3.63) is 34.9 Å². The minimum absolute atomic E-state index is 0.214. The molecule has 1 heterocycles. The van der Waals surface area contributed by atoms with Crippen LogP contribution in [0.5, 0.6) is 0 Å². The Morgan fingerprint density at radius 1 is 1.28 bits per heavy atom. The average molecular weight is 266 g/mol. The number of hydrogen-bond acceptors (Lipinski definition) is 2. The number of ether oxygens (including phenoxy) is 1. The van der Waals surface area contributed by atoms with E-state index in [-0.39, 0.29) is 5.41 Å². The maximum absolute atomic E-state index is 6.15. The van der Waals surface area contributed by atoms with Crippen LogP contribution in [0, 0.1) is 0 Å². The molecule has 1 aliphatic heterocycles. The van der Waals surface area contributed by atoms with Crippen LogP contribution in [0.15, 0.2) is 24.3 Å². The maximum Gasteiger partial charge on any atom is 0.0475 e. The molecule has 0 bridgehead atoms. The van der Waals surface area contributed by atoms with Gasteiger partial charge in [0.2, 0.25) is 0 Å². The van der Waals surface area contributed by atoms with E-state index >= 15 is 0 Å². The van der Waals surface area contributed by atoms with Crippen LogP contribution < -0.4 is 5.32 Å². The third-order valence-electron chi connectivity index (χ3n) is 4.19. The molecule has 0 aromatic heterocycles. The average Bonchev–Trinajstić information content (AvgIpc) is 3.22. The van der Waals surface area contributed by atoms with Crippen molar-refractivity contribution in [3.63, 3.8) is 0 Å². The summed E-state index contributed by atoms with van der Waals surface area (Å²) in [4.78, 5) is 0. The van der Waals surface area contributed by atoms with Crippen LogP contribution in [0.3, 0.4) is 0 Å². The van der Waals surface area contributed by atoms with E-state index in [1.165, 1.54) is 18.4 Å². The van der Waals surface area contributed by atoms with E-state index in [1.54, 1.807) is 0 Å². The highest BCUT2D eigenvalue weighted by Gasteiger charge is 2.36. The smallest absolute Gasteiger partial charge is 0.0475 e. The molecule has 0 amide bonds. The first-order chi connectivity index (χ1) is 8.78. The van der Waals surface area contributed by atoms with Gasteiger partial charge in [0.15, 0.2) is 0 Å². The first kappa shape index (κ1) is 12.5. The number of halogens is 1. The monoisotopic (exact) mass is 265 g/mol. The predicted octanol–water partition coefficient (Wildman–Crippen LogP) is 3.14. The molecule has 3 rings (SSSR count). The molecule has 1 aliphatic carbocycles. The molecule has 2 aliphatic rings. The summed E-state index contributed by atoms with van der Waals surface area (Å²) < 4.78 is 5.54. The molecule has 0 radical (unpaired) electrons. The fourth-order valence-electron chi connectivity index (χ4n) is 2.78. The molecule has 1 N–H and O–H groups in total. The Bertz CT molecular complexity index is 411. The molecule has 1 aromatic carbocycles. The number of benzene rings is 1. The quantitative estimate of drug-likeness (QED) is 0.903. The van der Waals surface area contributed by atoms with Gasteiger partial charge in [0, 0.05) is 36.2 Å². The summed E-state index contributed by atoms with van der Waals surface area (Å²) in [6, 6.07) is 9.11. The van der Waals surface area contributed by atoms with Crippen LogP contribution in [0.1, 0.15) is 31.2 Å². The highest BCUT2D eigenvalue weighted by Crippen LogP contribution is 2.36. The van der Waals surface area contributed by atoms with Crippen LogP contribution in [-0.2, 0) is 10.2 Å². The SMILES string of the molecule is Clc1cccc(C2(CNC3CC3)CCOCC2)c1. The van der Waals surface area contributed by atoms with E-state index in [2.05, 4.69) is 23.5 Å². The van der Waals surface area contributed by atoms with Crippen molar-refractivity contribution >= 4 is 11.6 Å². The Labute approximate surface area is 114 Å². The number of nitrogens with one attached hydrogen (secondary N) is 1. The van der Waals surface area contributed by atoms with Crippen LogP contribution in [0.2, 0.25) is 5.02 Å².